The van der Waals surface area contributed by atoms with Crippen molar-refractivity contribution in [2.75, 3.05) is 0 Å². The Morgan fingerprint density at radius 2 is 0.745 bits per heavy atom. The molecule has 0 saturated carbocycles. The van der Waals surface area contributed by atoms with E-state index in [2.05, 4.69) is 180 Å². The lowest BCUT2D eigenvalue weighted by atomic mass is 9.96. The molecule has 0 N–H and O–H groups in total. The molecule has 0 aliphatic carbocycles. The molecule has 0 amide bonds. The summed E-state index contributed by atoms with van der Waals surface area (Å²) in [5.41, 5.74) is 12.9. The fraction of sp³-hybridized carbons (Fsp3) is 0. The van der Waals surface area contributed by atoms with Crippen LogP contribution < -0.4 is 0 Å². The molecule has 4 heteroatoms. The Kier molecular flexibility index (Phi) is 8.12. The molecule has 0 unspecified atom stereocenters. The molecular formula is C51H34N4. The zero-order chi connectivity index (χ0) is 36.6. The third kappa shape index (κ3) is 6.06. The number of para-hydroxylation sites is 1. The number of hydrogen-bond donors (Lipinski definition) is 0. The van der Waals surface area contributed by atoms with E-state index in [-0.39, 0.29) is 0 Å². The number of rotatable bonds is 7. The van der Waals surface area contributed by atoms with Gasteiger partial charge in [0.15, 0.2) is 17.5 Å². The van der Waals surface area contributed by atoms with Gasteiger partial charge in [-0.15, -0.1) is 0 Å². The fourth-order valence-electron chi connectivity index (χ4n) is 7.63. The number of aromatic nitrogens is 4. The molecule has 0 aliphatic heterocycles. The maximum Gasteiger partial charge on any atom is 0.164 e. The van der Waals surface area contributed by atoms with Crippen LogP contribution in [0.15, 0.2) is 206 Å². The summed E-state index contributed by atoms with van der Waals surface area (Å²) >= 11 is 0. The average Bonchev–Trinajstić information content (AvgIpc) is 3.62. The van der Waals surface area contributed by atoms with E-state index in [1.54, 1.807) is 0 Å². The van der Waals surface area contributed by atoms with Crippen LogP contribution in [0.3, 0.4) is 0 Å². The number of benzene rings is 8. The van der Waals surface area contributed by atoms with E-state index < -0.39 is 0 Å². The third-order valence-electron chi connectivity index (χ3n) is 10.2. The van der Waals surface area contributed by atoms with Gasteiger partial charge in [0.1, 0.15) is 0 Å². The monoisotopic (exact) mass is 702 g/mol. The molecule has 0 bridgehead atoms. The molecule has 4 nitrogen and oxygen atoms in total. The molecular weight excluding hydrogens is 669 g/mol. The van der Waals surface area contributed by atoms with Crippen LogP contribution in [0.4, 0.5) is 0 Å². The first-order chi connectivity index (χ1) is 27.3. The quantitative estimate of drug-likeness (QED) is 0.166. The van der Waals surface area contributed by atoms with Crippen LogP contribution in [0.1, 0.15) is 0 Å². The molecule has 0 spiro atoms. The van der Waals surface area contributed by atoms with E-state index in [9.17, 15) is 0 Å². The molecule has 0 saturated heterocycles. The SMILES string of the molecule is c1ccc(-c2cc(-c3ccccc3)cc(-c3nc(-c4ccccc4)nc(-c4cccc5c4c4ccccc4n5-c4cccc(-c5ccccc5)c4)n3)c2)cc1. The zero-order valence-electron chi connectivity index (χ0n) is 29.9. The highest BCUT2D eigenvalue weighted by Crippen LogP contribution is 2.39. The highest BCUT2D eigenvalue weighted by atomic mass is 15.0. The van der Waals surface area contributed by atoms with E-state index in [0.717, 1.165) is 66.4 Å². The Morgan fingerprint density at radius 1 is 0.291 bits per heavy atom. The van der Waals surface area contributed by atoms with Crippen molar-refractivity contribution in [1.82, 2.24) is 19.5 Å². The highest BCUT2D eigenvalue weighted by Gasteiger charge is 2.20. The van der Waals surface area contributed by atoms with Crippen molar-refractivity contribution >= 4 is 21.8 Å². The highest BCUT2D eigenvalue weighted by molar-refractivity contribution is 6.15. The largest absolute Gasteiger partial charge is 0.309 e. The minimum absolute atomic E-state index is 0.620. The van der Waals surface area contributed by atoms with Crippen LogP contribution in [0, 0.1) is 0 Å². The summed E-state index contributed by atoms with van der Waals surface area (Å²) in [5, 5.41) is 2.24. The Morgan fingerprint density at radius 3 is 1.38 bits per heavy atom. The molecule has 10 aromatic rings. The summed E-state index contributed by atoms with van der Waals surface area (Å²) in [6.07, 6.45) is 0. The molecule has 0 fully saturated rings. The molecule has 0 radical (unpaired) electrons. The molecule has 2 heterocycles. The molecule has 8 aromatic carbocycles. The van der Waals surface area contributed by atoms with Crippen LogP contribution in [0.2, 0.25) is 0 Å². The second-order valence-electron chi connectivity index (χ2n) is 13.7. The first-order valence-electron chi connectivity index (χ1n) is 18.5. The second-order valence-corrected chi connectivity index (χ2v) is 13.7. The van der Waals surface area contributed by atoms with Gasteiger partial charge in [-0.2, -0.15) is 0 Å². The Bertz CT molecular complexity index is 2900. The average molecular weight is 703 g/mol. The number of hydrogen-bond acceptors (Lipinski definition) is 3. The lowest BCUT2D eigenvalue weighted by Crippen LogP contribution is -2.01. The first-order valence-corrected chi connectivity index (χ1v) is 18.5. The summed E-state index contributed by atoms with van der Waals surface area (Å²) in [4.78, 5) is 15.7. The minimum Gasteiger partial charge on any atom is -0.309 e. The van der Waals surface area contributed by atoms with Crippen molar-refractivity contribution in [2.24, 2.45) is 0 Å². The van der Waals surface area contributed by atoms with Crippen molar-refractivity contribution in [2.45, 2.75) is 0 Å². The fourth-order valence-corrected chi connectivity index (χ4v) is 7.63. The number of fused-ring (bicyclic) bond motifs is 3. The van der Waals surface area contributed by atoms with Crippen molar-refractivity contribution < 1.29 is 0 Å². The molecule has 0 aliphatic rings. The van der Waals surface area contributed by atoms with Gasteiger partial charge >= 0.3 is 0 Å². The van der Waals surface area contributed by atoms with Crippen LogP contribution in [0.5, 0.6) is 0 Å². The van der Waals surface area contributed by atoms with Crippen LogP contribution in [-0.2, 0) is 0 Å². The minimum atomic E-state index is 0.620. The predicted octanol–water partition coefficient (Wildman–Crippen LogP) is 13.0. The normalized spacial score (nSPS) is 11.3. The van der Waals surface area contributed by atoms with Gasteiger partial charge in [0, 0.05) is 33.2 Å². The summed E-state index contributed by atoms with van der Waals surface area (Å²) in [6.45, 7) is 0. The van der Waals surface area contributed by atoms with Gasteiger partial charge in [-0.25, -0.2) is 15.0 Å². The third-order valence-corrected chi connectivity index (χ3v) is 10.2. The smallest absolute Gasteiger partial charge is 0.164 e. The Labute approximate surface area is 319 Å². The van der Waals surface area contributed by atoms with Gasteiger partial charge in [-0.1, -0.05) is 164 Å². The van der Waals surface area contributed by atoms with Gasteiger partial charge in [-0.05, 0) is 75.8 Å². The lowest BCUT2D eigenvalue weighted by molar-refractivity contribution is 1.08. The zero-order valence-corrected chi connectivity index (χ0v) is 29.9. The van der Waals surface area contributed by atoms with Crippen molar-refractivity contribution in [1.29, 1.82) is 0 Å². The van der Waals surface area contributed by atoms with Gasteiger partial charge in [0.2, 0.25) is 0 Å². The molecule has 55 heavy (non-hydrogen) atoms. The topological polar surface area (TPSA) is 43.6 Å². The molecule has 258 valence electrons. The van der Waals surface area contributed by atoms with Crippen molar-refractivity contribution in [3.8, 4) is 73.2 Å². The van der Waals surface area contributed by atoms with E-state index in [1.165, 1.54) is 11.1 Å². The maximum atomic E-state index is 5.33. The van der Waals surface area contributed by atoms with Gasteiger partial charge in [-0.3, -0.25) is 0 Å². The maximum absolute atomic E-state index is 5.33. The van der Waals surface area contributed by atoms with Gasteiger partial charge < -0.3 is 4.57 Å². The van der Waals surface area contributed by atoms with Gasteiger partial charge in [0.25, 0.3) is 0 Å². The van der Waals surface area contributed by atoms with E-state index in [0.29, 0.717) is 17.5 Å². The van der Waals surface area contributed by atoms with E-state index >= 15 is 0 Å². The first kappa shape index (κ1) is 32.2. The summed E-state index contributed by atoms with van der Waals surface area (Å²) in [5.74, 6) is 1.88. The lowest BCUT2D eigenvalue weighted by Gasteiger charge is -2.13. The van der Waals surface area contributed by atoms with Crippen LogP contribution in [0.25, 0.3) is 95.0 Å². The summed E-state index contributed by atoms with van der Waals surface area (Å²) in [6, 6.07) is 72.2. The van der Waals surface area contributed by atoms with Crippen molar-refractivity contribution in [3.63, 3.8) is 0 Å². The van der Waals surface area contributed by atoms with E-state index in [1.807, 2.05) is 30.3 Å². The van der Waals surface area contributed by atoms with E-state index in [4.69, 9.17) is 15.0 Å². The standard InChI is InChI=1S/C51H34N4/c1-5-17-35(18-6-1)39-25-15-26-43(34-39)55-46-29-14-13-27-44(46)48-45(28-16-30-47(48)55)51-53-49(38-23-11-4-12-24-38)52-50(54-51)42-32-40(36-19-7-2-8-20-36)31-41(33-42)37-21-9-3-10-22-37/h1-34H. The van der Waals surface area contributed by atoms with Crippen LogP contribution >= 0.6 is 0 Å². The predicted molar refractivity (Wildman–Crippen MR) is 227 cm³/mol. The molecule has 2 aromatic heterocycles. The van der Waals surface area contributed by atoms with Gasteiger partial charge in [0.05, 0.1) is 11.0 Å². The number of nitrogens with zero attached hydrogens (tertiary/aromatic N) is 4. The Balaban J connectivity index is 1.21. The Hall–Kier alpha value is -7.43. The summed E-state index contributed by atoms with van der Waals surface area (Å²) in [7, 11) is 0. The van der Waals surface area contributed by atoms with Crippen molar-refractivity contribution in [3.05, 3.63) is 206 Å². The second kappa shape index (κ2) is 13.8. The summed E-state index contributed by atoms with van der Waals surface area (Å²) < 4.78 is 2.36. The molecule has 10 rings (SSSR count). The van der Waals surface area contributed by atoms with Crippen LogP contribution in [-0.4, -0.2) is 19.5 Å². The molecule has 0 atom stereocenters.